The Morgan fingerprint density at radius 1 is 1.11 bits per heavy atom. The highest BCUT2D eigenvalue weighted by Crippen LogP contribution is 2.30. The summed E-state index contributed by atoms with van der Waals surface area (Å²) in [5.41, 5.74) is 2.36. The van der Waals surface area contributed by atoms with Crippen LogP contribution >= 0.6 is 0 Å². The molecular formula is C22H18N4O2. The molecule has 0 bridgehead atoms. The summed E-state index contributed by atoms with van der Waals surface area (Å²) in [4.78, 5) is 17.7. The van der Waals surface area contributed by atoms with Gasteiger partial charge in [0.25, 0.3) is 5.56 Å². The third-order valence-electron chi connectivity index (χ3n) is 4.48. The third kappa shape index (κ3) is 3.03. The minimum Gasteiger partial charge on any atom is -0.457 e. The number of aromatic nitrogens is 3. The van der Waals surface area contributed by atoms with Gasteiger partial charge in [-0.1, -0.05) is 44.2 Å². The largest absolute Gasteiger partial charge is 0.457 e. The van der Waals surface area contributed by atoms with Crippen molar-refractivity contribution in [2.24, 2.45) is 0 Å². The molecule has 28 heavy (non-hydrogen) atoms. The molecule has 0 unspecified atom stereocenters. The van der Waals surface area contributed by atoms with E-state index in [2.05, 4.69) is 16.2 Å². The second-order valence-corrected chi connectivity index (χ2v) is 6.73. The molecule has 0 atom stereocenters. The minimum absolute atomic E-state index is 0.0422. The van der Waals surface area contributed by atoms with Gasteiger partial charge in [-0.25, -0.2) is 9.50 Å². The van der Waals surface area contributed by atoms with E-state index in [0.29, 0.717) is 28.2 Å². The van der Waals surface area contributed by atoms with Crippen LogP contribution in [0.3, 0.4) is 0 Å². The molecule has 0 aliphatic heterocycles. The fourth-order valence-corrected chi connectivity index (χ4v) is 3.18. The van der Waals surface area contributed by atoms with Crippen molar-refractivity contribution in [1.29, 1.82) is 5.26 Å². The van der Waals surface area contributed by atoms with Crippen LogP contribution in [0.2, 0.25) is 0 Å². The van der Waals surface area contributed by atoms with Gasteiger partial charge in [0.1, 0.15) is 23.1 Å². The van der Waals surface area contributed by atoms with Crippen molar-refractivity contribution in [1.82, 2.24) is 14.6 Å². The zero-order valence-corrected chi connectivity index (χ0v) is 15.5. The normalized spacial score (nSPS) is 10.9. The number of aromatic amines is 1. The number of nitrogens with one attached hydrogen (secondary N) is 1. The zero-order valence-electron chi connectivity index (χ0n) is 15.5. The van der Waals surface area contributed by atoms with Crippen LogP contribution < -0.4 is 10.3 Å². The Morgan fingerprint density at radius 3 is 2.57 bits per heavy atom. The number of nitriles is 1. The summed E-state index contributed by atoms with van der Waals surface area (Å²) < 4.78 is 7.24. The minimum atomic E-state index is -0.203. The van der Waals surface area contributed by atoms with Crippen molar-refractivity contribution in [2.75, 3.05) is 0 Å². The molecule has 0 radical (unpaired) electrons. The predicted molar refractivity (Wildman–Crippen MR) is 107 cm³/mol. The van der Waals surface area contributed by atoms with E-state index in [1.54, 1.807) is 0 Å². The van der Waals surface area contributed by atoms with Gasteiger partial charge in [-0.3, -0.25) is 9.89 Å². The standard InChI is InChI=1S/C22H18N4O2/c1-14(2)19-20(25-21-16(12-23)13-24-26(21)22(19)27)15-7-6-10-18(11-15)28-17-8-4-3-5-9-17/h3-11,13-14,24H,1-2H3. The summed E-state index contributed by atoms with van der Waals surface area (Å²) in [6.45, 7) is 3.90. The van der Waals surface area contributed by atoms with Crippen molar-refractivity contribution >= 4 is 5.65 Å². The average Bonchev–Trinajstić information content (AvgIpc) is 3.12. The maximum absolute atomic E-state index is 13.0. The third-order valence-corrected chi connectivity index (χ3v) is 4.48. The van der Waals surface area contributed by atoms with Gasteiger partial charge in [0.15, 0.2) is 5.65 Å². The molecule has 4 rings (SSSR count). The fourth-order valence-electron chi connectivity index (χ4n) is 3.18. The fraction of sp³-hybridized carbons (Fsp3) is 0.136. The van der Waals surface area contributed by atoms with Gasteiger partial charge < -0.3 is 4.74 Å². The monoisotopic (exact) mass is 370 g/mol. The molecule has 1 N–H and O–H groups in total. The number of ether oxygens (including phenoxy) is 1. The number of hydrogen-bond acceptors (Lipinski definition) is 4. The summed E-state index contributed by atoms with van der Waals surface area (Å²) in [5, 5.41) is 12.1. The van der Waals surface area contributed by atoms with E-state index < -0.39 is 0 Å². The second kappa shape index (κ2) is 7.05. The first kappa shape index (κ1) is 17.6. The lowest BCUT2D eigenvalue weighted by Crippen LogP contribution is -2.22. The summed E-state index contributed by atoms with van der Waals surface area (Å²) in [5.74, 6) is 1.33. The summed E-state index contributed by atoms with van der Waals surface area (Å²) in [7, 11) is 0. The molecule has 0 fully saturated rings. The molecular weight excluding hydrogens is 352 g/mol. The van der Waals surface area contributed by atoms with E-state index in [1.807, 2.05) is 68.4 Å². The van der Waals surface area contributed by atoms with Crippen molar-refractivity contribution in [3.8, 4) is 28.8 Å². The van der Waals surface area contributed by atoms with Crippen molar-refractivity contribution in [2.45, 2.75) is 19.8 Å². The van der Waals surface area contributed by atoms with Gasteiger partial charge in [-0.05, 0) is 30.2 Å². The van der Waals surface area contributed by atoms with Crippen LogP contribution in [0.4, 0.5) is 0 Å². The van der Waals surface area contributed by atoms with E-state index in [9.17, 15) is 10.1 Å². The van der Waals surface area contributed by atoms with E-state index >= 15 is 0 Å². The Balaban J connectivity index is 1.89. The molecule has 4 aromatic rings. The molecule has 0 spiro atoms. The van der Waals surface area contributed by atoms with Crippen molar-refractivity contribution in [3.05, 3.63) is 82.3 Å². The first-order valence-corrected chi connectivity index (χ1v) is 8.96. The van der Waals surface area contributed by atoms with Crippen molar-refractivity contribution in [3.63, 3.8) is 0 Å². The number of H-pyrrole nitrogens is 1. The number of hydrogen-bond donors (Lipinski definition) is 1. The molecule has 2 heterocycles. The first-order valence-electron chi connectivity index (χ1n) is 8.96. The second-order valence-electron chi connectivity index (χ2n) is 6.73. The molecule has 6 nitrogen and oxygen atoms in total. The van der Waals surface area contributed by atoms with E-state index in [1.165, 1.54) is 10.7 Å². The van der Waals surface area contributed by atoms with Crippen LogP contribution in [0.5, 0.6) is 11.5 Å². The predicted octanol–water partition coefficient (Wildman–Crippen LogP) is 4.48. The molecule has 2 aromatic carbocycles. The van der Waals surface area contributed by atoms with Gasteiger partial charge in [0, 0.05) is 17.3 Å². The van der Waals surface area contributed by atoms with Gasteiger partial charge in [-0.2, -0.15) is 5.26 Å². The Labute approximate surface area is 161 Å². The highest BCUT2D eigenvalue weighted by atomic mass is 16.5. The molecule has 0 amide bonds. The highest BCUT2D eigenvalue weighted by molar-refractivity contribution is 5.69. The number of fused-ring (bicyclic) bond motifs is 1. The number of nitrogens with zero attached hydrogens (tertiary/aromatic N) is 3. The van der Waals surface area contributed by atoms with Crippen LogP contribution in [0.1, 0.15) is 30.9 Å². The molecule has 0 aliphatic rings. The number of benzene rings is 2. The van der Waals surface area contributed by atoms with Gasteiger partial charge in [-0.15, -0.1) is 0 Å². The number of para-hydroxylation sites is 1. The average molecular weight is 370 g/mol. The molecule has 0 aliphatic carbocycles. The van der Waals surface area contributed by atoms with Gasteiger partial charge in [0.2, 0.25) is 0 Å². The lowest BCUT2D eigenvalue weighted by atomic mass is 9.98. The molecule has 0 saturated carbocycles. The lowest BCUT2D eigenvalue weighted by molar-refractivity contribution is 0.483. The van der Waals surface area contributed by atoms with Crippen LogP contribution in [-0.2, 0) is 0 Å². The van der Waals surface area contributed by atoms with E-state index in [-0.39, 0.29) is 11.5 Å². The van der Waals surface area contributed by atoms with Crippen LogP contribution in [0.15, 0.2) is 65.6 Å². The summed E-state index contributed by atoms with van der Waals surface area (Å²) in [6, 6.07) is 19.0. The van der Waals surface area contributed by atoms with Crippen molar-refractivity contribution < 1.29 is 4.74 Å². The Kier molecular flexibility index (Phi) is 4.42. The maximum atomic E-state index is 13.0. The Hall–Kier alpha value is -3.85. The van der Waals surface area contributed by atoms with Gasteiger partial charge >= 0.3 is 0 Å². The molecule has 2 aromatic heterocycles. The molecule has 6 heteroatoms. The molecule has 0 saturated heterocycles. The van der Waals surface area contributed by atoms with Crippen LogP contribution in [0, 0.1) is 11.3 Å². The number of rotatable bonds is 4. The Morgan fingerprint density at radius 2 is 1.86 bits per heavy atom. The van der Waals surface area contributed by atoms with Gasteiger partial charge in [0.05, 0.1) is 5.69 Å². The smallest absolute Gasteiger partial charge is 0.276 e. The Bertz CT molecular complexity index is 1250. The highest BCUT2D eigenvalue weighted by Gasteiger charge is 2.20. The quantitative estimate of drug-likeness (QED) is 0.574. The molecule has 138 valence electrons. The summed E-state index contributed by atoms with van der Waals surface area (Å²) >= 11 is 0. The summed E-state index contributed by atoms with van der Waals surface area (Å²) in [6.07, 6.45) is 1.49. The van der Waals surface area contributed by atoms with E-state index in [0.717, 1.165) is 11.3 Å². The lowest BCUT2D eigenvalue weighted by Gasteiger charge is -2.13. The zero-order chi connectivity index (χ0) is 19.7. The van der Waals surface area contributed by atoms with E-state index in [4.69, 9.17) is 4.74 Å². The SMILES string of the molecule is CC(C)c1c(-c2cccc(Oc3ccccc3)c2)nc2c(C#N)c[nH]n2c1=O. The topological polar surface area (TPSA) is 83.2 Å². The van der Waals surface area contributed by atoms with Crippen LogP contribution in [-0.4, -0.2) is 14.6 Å². The maximum Gasteiger partial charge on any atom is 0.276 e. The first-order chi connectivity index (χ1) is 13.6. The van der Waals surface area contributed by atoms with Crippen LogP contribution in [0.25, 0.3) is 16.9 Å².